The van der Waals surface area contributed by atoms with E-state index in [9.17, 15) is 27.0 Å². The molecule has 24 heavy (non-hydrogen) atoms. The highest BCUT2D eigenvalue weighted by Crippen LogP contribution is 2.28. The van der Waals surface area contributed by atoms with Crippen LogP contribution < -0.4 is 0 Å². The van der Waals surface area contributed by atoms with Crippen molar-refractivity contribution >= 4 is 19.9 Å². The highest BCUT2D eigenvalue weighted by molar-refractivity contribution is 7.92. The summed E-state index contributed by atoms with van der Waals surface area (Å²) < 4.78 is 50.5. The molecule has 1 heterocycles. The van der Waals surface area contributed by atoms with Crippen molar-refractivity contribution in [1.82, 2.24) is 4.31 Å². The molecule has 1 aromatic carbocycles. The molecule has 0 radical (unpaired) electrons. The van der Waals surface area contributed by atoms with Crippen LogP contribution in [0, 0.1) is 20.8 Å². The summed E-state index contributed by atoms with van der Waals surface area (Å²) in [6.07, 6.45) is -1.30. The molecule has 1 saturated heterocycles. The molecule has 1 fully saturated rings. The van der Waals surface area contributed by atoms with Gasteiger partial charge in [0, 0.05) is 6.54 Å². The van der Waals surface area contributed by atoms with Gasteiger partial charge in [-0.3, -0.25) is 0 Å². The van der Waals surface area contributed by atoms with Crippen molar-refractivity contribution in [2.75, 3.05) is 24.7 Å². The van der Waals surface area contributed by atoms with Crippen LogP contribution in [0.2, 0.25) is 0 Å². The summed E-state index contributed by atoms with van der Waals surface area (Å²) in [5, 5.41) is 19.3. The quantitative estimate of drug-likeness (QED) is 0.732. The monoisotopic (exact) mass is 377 g/mol. The first-order valence-corrected chi connectivity index (χ1v) is 10.8. The van der Waals surface area contributed by atoms with E-state index < -0.39 is 50.1 Å². The van der Waals surface area contributed by atoms with Crippen LogP contribution in [0.1, 0.15) is 16.7 Å². The Morgan fingerprint density at radius 1 is 1.12 bits per heavy atom. The lowest BCUT2D eigenvalue weighted by Gasteiger charge is -2.29. The minimum Gasteiger partial charge on any atom is -0.395 e. The topological polar surface area (TPSA) is 112 Å². The maximum atomic E-state index is 13.1. The second kappa shape index (κ2) is 6.72. The Balaban J connectivity index is 2.53. The minimum atomic E-state index is -4.05. The van der Waals surface area contributed by atoms with Gasteiger partial charge in [-0.15, -0.1) is 0 Å². The highest BCUT2D eigenvalue weighted by Gasteiger charge is 2.44. The zero-order valence-corrected chi connectivity index (χ0v) is 15.6. The summed E-state index contributed by atoms with van der Waals surface area (Å²) in [6.45, 7) is 4.59. The van der Waals surface area contributed by atoms with Gasteiger partial charge in [0.15, 0.2) is 9.84 Å². The van der Waals surface area contributed by atoms with E-state index in [1.807, 2.05) is 6.92 Å². The summed E-state index contributed by atoms with van der Waals surface area (Å²) in [5.41, 5.74) is 2.28. The molecule has 0 aromatic heterocycles. The predicted molar refractivity (Wildman–Crippen MR) is 90.1 cm³/mol. The molecule has 1 aliphatic rings. The number of nitrogens with zero attached hydrogens (tertiary/aromatic N) is 1. The maximum absolute atomic E-state index is 13.1. The first-order valence-electron chi connectivity index (χ1n) is 7.58. The van der Waals surface area contributed by atoms with Crippen molar-refractivity contribution in [3.05, 3.63) is 28.8 Å². The zero-order chi connectivity index (χ0) is 18.3. The molecule has 2 N–H and O–H groups in total. The van der Waals surface area contributed by atoms with Crippen LogP contribution in [0.15, 0.2) is 17.0 Å². The second-order valence-corrected chi connectivity index (χ2v) is 10.3. The molecular formula is C15H23NO6S2. The van der Waals surface area contributed by atoms with E-state index in [0.29, 0.717) is 5.56 Å². The predicted octanol–water partition coefficient (Wildman–Crippen LogP) is -0.247. The Morgan fingerprint density at radius 2 is 1.71 bits per heavy atom. The fourth-order valence-corrected chi connectivity index (χ4v) is 6.82. The Hall–Kier alpha value is -1.00. The largest absolute Gasteiger partial charge is 0.395 e. The van der Waals surface area contributed by atoms with Crippen LogP contribution in [0.3, 0.4) is 0 Å². The van der Waals surface area contributed by atoms with Crippen LogP contribution in [0.25, 0.3) is 0 Å². The van der Waals surface area contributed by atoms with Crippen molar-refractivity contribution in [2.24, 2.45) is 0 Å². The van der Waals surface area contributed by atoms with Gasteiger partial charge in [0.2, 0.25) is 10.0 Å². The molecule has 0 spiro atoms. The molecule has 0 aliphatic carbocycles. The molecule has 2 atom stereocenters. The van der Waals surface area contributed by atoms with E-state index in [0.717, 1.165) is 15.4 Å². The molecular weight excluding hydrogens is 354 g/mol. The highest BCUT2D eigenvalue weighted by atomic mass is 32.2. The molecule has 0 bridgehead atoms. The van der Waals surface area contributed by atoms with Crippen molar-refractivity contribution < 1.29 is 27.0 Å². The van der Waals surface area contributed by atoms with Gasteiger partial charge in [-0.25, -0.2) is 16.8 Å². The van der Waals surface area contributed by atoms with Crippen LogP contribution in [0.4, 0.5) is 0 Å². The van der Waals surface area contributed by atoms with Gasteiger partial charge in [-0.1, -0.05) is 6.07 Å². The van der Waals surface area contributed by atoms with Crippen molar-refractivity contribution in [1.29, 1.82) is 0 Å². The number of hydrogen-bond donors (Lipinski definition) is 2. The average molecular weight is 377 g/mol. The van der Waals surface area contributed by atoms with E-state index in [4.69, 9.17) is 0 Å². The number of benzene rings is 1. The van der Waals surface area contributed by atoms with Crippen LogP contribution in [-0.2, 0) is 19.9 Å². The van der Waals surface area contributed by atoms with E-state index in [1.165, 1.54) is 0 Å². The van der Waals surface area contributed by atoms with Crippen LogP contribution in [0.5, 0.6) is 0 Å². The van der Waals surface area contributed by atoms with Gasteiger partial charge in [0.25, 0.3) is 0 Å². The number of aliphatic hydroxyl groups is 2. The summed E-state index contributed by atoms with van der Waals surface area (Å²) >= 11 is 0. The molecule has 1 aromatic rings. The summed E-state index contributed by atoms with van der Waals surface area (Å²) in [7, 11) is -7.56. The lowest BCUT2D eigenvalue weighted by Crippen LogP contribution is -2.48. The Morgan fingerprint density at radius 3 is 2.21 bits per heavy atom. The molecule has 2 rings (SSSR count). The first-order chi connectivity index (χ1) is 11.0. The van der Waals surface area contributed by atoms with Gasteiger partial charge in [0.1, 0.15) is 0 Å². The first kappa shape index (κ1) is 19.3. The summed E-state index contributed by atoms with van der Waals surface area (Å²) in [6, 6.07) is 2.20. The lowest BCUT2D eigenvalue weighted by molar-refractivity contribution is 0.117. The van der Waals surface area contributed by atoms with Gasteiger partial charge < -0.3 is 10.2 Å². The van der Waals surface area contributed by atoms with Crippen molar-refractivity contribution in [2.45, 2.75) is 37.8 Å². The van der Waals surface area contributed by atoms with Gasteiger partial charge >= 0.3 is 0 Å². The smallest absolute Gasteiger partial charge is 0.243 e. The van der Waals surface area contributed by atoms with Gasteiger partial charge in [-0.2, -0.15) is 4.31 Å². The van der Waals surface area contributed by atoms with Gasteiger partial charge in [-0.05, 0) is 43.5 Å². The van der Waals surface area contributed by atoms with Crippen molar-refractivity contribution in [3.8, 4) is 0 Å². The minimum absolute atomic E-state index is 0.0653. The zero-order valence-electron chi connectivity index (χ0n) is 13.9. The third-order valence-corrected chi connectivity index (χ3v) is 8.13. The van der Waals surface area contributed by atoms with Crippen molar-refractivity contribution in [3.63, 3.8) is 0 Å². The second-order valence-electron chi connectivity index (χ2n) is 6.25. The average Bonchev–Trinajstić information content (AvgIpc) is 2.72. The fourth-order valence-electron chi connectivity index (χ4n) is 2.99. The number of aliphatic hydroxyl groups excluding tert-OH is 2. The van der Waals surface area contributed by atoms with E-state index >= 15 is 0 Å². The maximum Gasteiger partial charge on any atom is 0.243 e. The standard InChI is InChI=1S/C15H23NO6S2/c1-10-6-12(3)15(7-11(10)2)24(21,22)16(4-5-17)13-8-23(19,20)9-14(13)18/h6-7,13-14,17-18H,4-5,8-9H2,1-3H3/t13-,14+/m1/s1. The van der Waals surface area contributed by atoms with E-state index in [2.05, 4.69) is 0 Å². The van der Waals surface area contributed by atoms with Crippen LogP contribution >= 0.6 is 0 Å². The number of sulfone groups is 1. The molecule has 7 nitrogen and oxygen atoms in total. The van der Waals surface area contributed by atoms with E-state index in [-0.39, 0.29) is 11.4 Å². The summed E-state index contributed by atoms with van der Waals surface area (Å²) in [4.78, 5) is 0.0653. The number of hydrogen-bond acceptors (Lipinski definition) is 6. The Labute approximate surface area is 142 Å². The Bertz CT molecular complexity index is 832. The SMILES string of the molecule is Cc1cc(C)c(S(=O)(=O)N(CCO)[C@@H]2CS(=O)(=O)C[C@@H]2O)cc1C. The molecule has 9 heteroatoms. The number of rotatable bonds is 5. The Kier molecular flexibility index (Phi) is 5.41. The van der Waals surface area contributed by atoms with Crippen LogP contribution in [-0.4, -0.2) is 68.2 Å². The van der Waals surface area contributed by atoms with Gasteiger partial charge in [0.05, 0.1) is 35.2 Å². The molecule has 0 amide bonds. The molecule has 1 aliphatic heterocycles. The molecule has 136 valence electrons. The lowest BCUT2D eigenvalue weighted by atomic mass is 10.1. The number of sulfonamides is 1. The normalized spacial score (nSPS) is 23.8. The third-order valence-electron chi connectivity index (χ3n) is 4.36. The fraction of sp³-hybridized carbons (Fsp3) is 0.600. The molecule has 0 unspecified atom stereocenters. The third kappa shape index (κ3) is 3.65. The number of aryl methyl sites for hydroxylation is 3. The van der Waals surface area contributed by atoms with E-state index in [1.54, 1.807) is 26.0 Å². The molecule has 0 saturated carbocycles. The summed E-state index contributed by atoms with van der Waals surface area (Å²) in [5.74, 6) is -0.918.